The summed E-state index contributed by atoms with van der Waals surface area (Å²) in [6.07, 6.45) is 4.25. The second-order valence-electron chi connectivity index (χ2n) is 7.24. The predicted molar refractivity (Wildman–Crippen MR) is 105 cm³/mol. The van der Waals surface area contributed by atoms with E-state index in [0.717, 1.165) is 25.7 Å². The van der Waals surface area contributed by atoms with Gasteiger partial charge in [-0.25, -0.2) is 4.79 Å². The highest BCUT2D eigenvalue weighted by atomic mass is 16.7. The number of ether oxygens (including phenoxy) is 3. The third-order valence-corrected chi connectivity index (χ3v) is 4.59. The van der Waals surface area contributed by atoms with Crippen molar-refractivity contribution in [1.82, 2.24) is 5.32 Å². The molecule has 0 bridgehead atoms. The van der Waals surface area contributed by atoms with E-state index in [1.807, 2.05) is 0 Å². The Kier molecular flexibility index (Phi) is 9.90. The number of esters is 1. The van der Waals surface area contributed by atoms with Gasteiger partial charge in [-0.05, 0) is 12.5 Å². The number of guanidine groups is 1. The zero-order valence-corrected chi connectivity index (χ0v) is 17.3. The monoisotopic (exact) mass is 415 g/mol. The van der Waals surface area contributed by atoms with Gasteiger partial charge < -0.3 is 35.5 Å². The highest BCUT2D eigenvalue weighted by Gasteiger charge is 2.45. The van der Waals surface area contributed by atoms with Gasteiger partial charge in [-0.15, -0.1) is 0 Å². The van der Waals surface area contributed by atoms with E-state index in [1.165, 1.54) is 20.1 Å². The molecule has 0 aromatic carbocycles. The maximum atomic E-state index is 12.1. The van der Waals surface area contributed by atoms with E-state index in [1.54, 1.807) is 0 Å². The van der Waals surface area contributed by atoms with Gasteiger partial charge in [-0.2, -0.15) is 0 Å². The van der Waals surface area contributed by atoms with E-state index < -0.39 is 36.0 Å². The number of carboxylic acid groups (broad SMARTS) is 1. The summed E-state index contributed by atoms with van der Waals surface area (Å²) < 4.78 is 16.0. The Balaban J connectivity index is 2.79. The minimum absolute atomic E-state index is 0.138. The quantitative estimate of drug-likeness (QED) is 0.104. The molecule has 0 saturated carbocycles. The molecule has 1 rings (SSSR count). The van der Waals surface area contributed by atoms with E-state index in [2.05, 4.69) is 12.2 Å². The first-order valence-corrected chi connectivity index (χ1v) is 9.80. The fourth-order valence-corrected chi connectivity index (χ4v) is 3.29. The number of unbranched alkanes of at least 4 members (excludes halogenated alkanes) is 4. The number of rotatable bonds is 12. The number of nitrogens with two attached hydrogens (primary N) is 1. The van der Waals surface area contributed by atoms with Crippen LogP contribution in [-0.4, -0.2) is 59.3 Å². The summed E-state index contributed by atoms with van der Waals surface area (Å²) >= 11 is 0. The molecule has 0 aromatic heterocycles. The number of carbonyl (C=O) groups excluding carboxylic acids is 1. The number of carboxylic acids is 1. The second-order valence-corrected chi connectivity index (χ2v) is 7.24. The maximum Gasteiger partial charge on any atom is 0.370 e. The Morgan fingerprint density at radius 1 is 1.41 bits per heavy atom. The van der Waals surface area contributed by atoms with Crippen molar-refractivity contribution in [2.75, 3.05) is 7.11 Å². The van der Waals surface area contributed by atoms with Crippen LogP contribution in [0.2, 0.25) is 0 Å². The largest absolute Gasteiger partial charge is 0.480 e. The number of hydrogen-bond acceptors (Lipinski definition) is 7. The molecule has 29 heavy (non-hydrogen) atoms. The van der Waals surface area contributed by atoms with Crippen molar-refractivity contribution in [3.8, 4) is 0 Å². The van der Waals surface area contributed by atoms with Gasteiger partial charge in [0.1, 0.15) is 6.10 Å². The normalized spacial score (nSPS) is 21.9. The first-order chi connectivity index (χ1) is 13.6. The summed E-state index contributed by atoms with van der Waals surface area (Å²) in [4.78, 5) is 23.5. The molecule has 0 aromatic rings. The van der Waals surface area contributed by atoms with E-state index >= 15 is 0 Å². The van der Waals surface area contributed by atoms with Gasteiger partial charge in [0, 0.05) is 26.9 Å². The van der Waals surface area contributed by atoms with Gasteiger partial charge in [0.15, 0.2) is 12.1 Å². The molecule has 0 aliphatic carbocycles. The third kappa shape index (κ3) is 8.28. The molecule has 6 N–H and O–H groups in total. The third-order valence-electron chi connectivity index (χ3n) is 4.59. The average Bonchev–Trinajstić information content (AvgIpc) is 2.60. The minimum atomic E-state index is -2.04. The van der Waals surface area contributed by atoms with E-state index in [4.69, 9.17) is 25.4 Å². The van der Waals surface area contributed by atoms with Crippen molar-refractivity contribution in [1.29, 1.82) is 5.41 Å². The summed E-state index contributed by atoms with van der Waals surface area (Å²) in [6, 6.07) is -0.625. The van der Waals surface area contributed by atoms with Crippen LogP contribution in [0, 0.1) is 5.41 Å². The molecule has 4 atom stereocenters. The summed E-state index contributed by atoms with van der Waals surface area (Å²) in [5.74, 6) is -4.64. The number of aliphatic carboxylic acids is 1. The van der Waals surface area contributed by atoms with Crippen LogP contribution < -0.4 is 11.1 Å². The van der Waals surface area contributed by atoms with Crippen LogP contribution >= 0.6 is 0 Å². The number of aliphatic hydroxyl groups is 1. The van der Waals surface area contributed by atoms with Crippen LogP contribution in [0.25, 0.3) is 0 Å². The molecular formula is C19H33N3O7. The van der Waals surface area contributed by atoms with Gasteiger partial charge in [0.2, 0.25) is 11.5 Å². The van der Waals surface area contributed by atoms with Crippen LogP contribution in [-0.2, 0) is 23.8 Å². The van der Waals surface area contributed by atoms with Crippen molar-refractivity contribution in [3.05, 3.63) is 11.8 Å². The van der Waals surface area contributed by atoms with Crippen molar-refractivity contribution in [2.45, 2.75) is 82.8 Å². The molecule has 166 valence electrons. The van der Waals surface area contributed by atoms with Crippen LogP contribution in [0.4, 0.5) is 0 Å². The van der Waals surface area contributed by atoms with Crippen LogP contribution in [0.3, 0.4) is 0 Å². The second kappa shape index (κ2) is 11.6. The van der Waals surface area contributed by atoms with Gasteiger partial charge in [0.05, 0.1) is 6.04 Å². The lowest BCUT2D eigenvalue weighted by Gasteiger charge is -2.39. The Labute approximate surface area is 170 Å². The lowest BCUT2D eigenvalue weighted by molar-refractivity contribution is -0.262. The molecule has 1 aliphatic heterocycles. The van der Waals surface area contributed by atoms with Crippen molar-refractivity contribution in [3.63, 3.8) is 0 Å². The van der Waals surface area contributed by atoms with Crippen molar-refractivity contribution >= 4 is 17.9 Å². The molecule has 0 saturated heterocycles. The Morgan fingerprint density at radius 2 is 2.07 bits per heavy atom. The highest BCUT2D eigenvalue weighted by molar-refractivity contribution is 5.85. The molecular weight excluding hydrogens is 382 g/mol. The Bertz CT molecular complexity index is 607. The molecule has 0 spiro atoms. The van der Waals surface area contributed by atoms with Crippen LogP contribution in [0.15, 0.2) is 11.8 Å². The molecule has 2 unspecified atom stereocenters. The topological polar surface area (TPSA) is 164 Å². The smallest absolute Gasteiger partial charge is 0.370 e. The van der Waals surface area contributed by atoms with Gasteiger partial charge in [0.25, 0.3) is 0 Å². The standard InChI is InChI=1S/C19H33N3O7/c1-4-5-6-7-8-9-15(23)29-19(2,26)16(27-3)13-10-12(22-18(20)21)11-14(28-13)17(24)25/h11-13,16,26H,4-10H2,1-3H3,(H,24,25)(H4,20,21,22)/t12?,13?,16-,19-/m1/s1. The van der Waals surface area contributed by atoms with Crippen molar-refractivity contribution in [2.24, 2.45) is 5.73 Å². The molecule has 1 aliphatic rings. The van der Waals surface area contributed by atoms with E-state index in [0.29, 0.717) is 6.42 Å². The Hall–Kier alpha value is -2.33. The summed E-state index contributed by atoms with van der Waals surface area (Å²) in [5.41, 5.74) is 5.33. The fraction of sp³-hybridized carbons (Fsp3) is 0.737. The molecule has 0 amide bonds. The molecule has 0 fully saturated rings. The first kappa shape index (κ1) is 24.7. The zero-order chi connectivity index (χ0) is 22.0. The highest BCUT2D eigenvalue weighted by Crippen LogP contribution is 2.29. The molecule has 0 radical (unpaired) electrons. The van der Waals surface area contributed by atoms with Gasteiger partial charge in [-0.1, -0.05) is 32.6 Å². The lowest BCUT2D eigenvalue weighted by Crippen LogP contribution is -2.55. The lowest BCUT2D eigenvalue weighted by atomic mass is 9.96. The maximum absolute atomic E-state index is 12.1. The number of nitrogens with one attached hydrogen (secondary N) is 2. The number of hydrogen-bond donors (Lipinski definition) is 5. The van der Waals surface area contributed by atoms with Crippen LogP contribution in [0.1, 0.15) is 58.8 Å². The summed E-state index contributed by atoms with van der Waals surface area (Å²) in [5, 5.41) is 30.0. The van der Waals surface area contributed by atoms with E-state index in [-0.39, 0.29) is 24.6 Å². The van der Waals surface area contributed by atoms with Gasteiger partial charge in [-0.3, -0.25) is 10.2 Å². The molecule has 1 heterocycles. The van der Waals surface area contributed by atoms with E-state index in [9.17, 15) is 19.8 Å². The SMILES string of the molecule is CCCCCCCC(=O)O[C@@](C)(O)[C@H](OC)C1CC(NC(=N)N)C=C(C(=O)O)O1. The summed E-state index contributed by atoms with van der Waals surface area (Å²) in [6.45, 7) is 3.37. The zero-order valence-electron chi connectivity index (χ0n) is 17.3. The average molecular weight is 415 g/mol. The fourth-order valence-electron chi connectivity index (χ4n) is 3.29. The van der Waals surface area contributed by atoms with Gasteiger partial charge >= 0.3 is 11.9 Å². The Morgan fingerprint density at radius 3 is 2.62 bits per heavy atom. The molecule has 10 nitrogen and oxygen atoms in total. The number of carbonyl (C=O) groups is 2. The first-order valence-electron chi connectivity index (χ1n) is 9.80. The van der Waals surface area contributed by atoms with Crippen LogP contribution in [0.5, 0.6) is 0 Å². The summed E-state index contributed by atoms with van der Waals surface area (Å²) in [7, 11) is 1.30. The van der Waals surface area contributed by atoms with Crippen molar-refractivity contribution < 1.29 is 34.0 Å². The predicted octanol–water partition coefficient (Wildman–Crippen LogP) is 1.22. The molecule has 10 heteroatoms. The minimum Gasteiger partial charge on any atom is -0.480 e. The number of methoxy groups -OCH3 is 1.